The fourth-order valence-electron chi connectivity index (χ4n) is 1.73. The molecule has 0 aromatic carbocycles. The van der Waals surface area contributed by atoms with Gasteiger partial charge in [0.15, 0.2) is 11.9 Å². The van der Waals surface area contributed by atoms with Crippen LogP contribution in [0, 0.1) is 0 Å². The highest BCUT2D eigenvalue weighted by Gasteiger charge is 2.12. The van der Waals surface area contributed by atoms with Crippen molar-refractivity contribution in [2.24, 2.45) is 0 Å². The average Bonchev–Trinajstić information content (AvgIpc) is 2.55. The van der Waals surface area contributed by atoms with Gasteiger partial charge in [-0.05, 0) is 32.4 Å². The number of carbonyl (C=O) groups excluding carboxylic acids is 1. The monoisotopic (exact) mass is 356 g/mol. The van der Waals surface area contributed by atoms with Crippen LogP contribution in [0.5, 0.6) is 0 Å². The van der Waals surface area contributed by atoms with Gasteiger partial charge in [0.2, 0.25) is 0 Å². The molecule has 0 aliphatic heterocycles. The zero-order chi connectivity index (χ0) is 17.8. The van der Waals surface area contributed by atoms with Crippen LogP contribution >= 0.6 is 11.8 Å². The Balaban J connectivity index is 2.10. The lowest BCUT2D eigenvalue weighted by Crippen LogP contribution is -2.21. The number of hydrogen-bond acceptors (Lipinski definition) is 7. The van der Waals surface area contributed by atoms with Crippen LogP contribution in [0.1, 0.15) is 43.0 Å². The van der Waals surface area contributed by atoms with Crippen molar-refractivity contribution in [3.05, 3.63) is 34.5 Å². The summed E-state index contributed by atoms with van der Waals surface area (Å²) in [5.41, 5.74) is -0.549. The Kier molecular flexibility index (Phi) is 9.86. The molecule has 0 amide bonds. The van der Waals surface area contributed by atoms with E-state index < -0.39 is 11.5 Å². The van der Waals surface area contributed by atoms with Gasteiger partial charge in [0, 0.05) is 6.20 Å². The fourth-order valence-corrected chi connectivity index (χ4v) is 2.08. The normalized spacial score (nSPS) is 10.4. The minimum atomic E-state index is -0.642. The van der Waals surface area contributed by atoms with Crippen LogP contribution in [0.3, 0.4) is 0 Å². The summed E-state index contributed by atoms with van der Waals surface area (Å²) in [5.74, 6) is -0.00868. The molecule has 0 aliphatic rings. The number of H-pyrrole nitrogens is 1. The number of nitrogens with one attached hydrogen (secondary N) is 1. The quantitative estimate of drug-likeness (QED) is 0.154. The molecule has 0 bridgehead atoms. The maximum absolute atomic E-state index is 11.8. The zero-order valence-corrected chi connectivity index (χ0v) is 14.9. The minimum absolute atomic E-state index is 0.0706. The number of aromatic amines is 1. The molecule has 0 saturated carbocycles. The number of rotatable bonds is 12. The molecule has 8 heteroatoms. The lowest BCUT2D eigenvalue weighted by molar-refractivity contribution is -0.0234. The Hall–Kier alpha value is -1.80. The van der Waals surface area contributed by atoms with Crippen LogP contribution in [0.25, 0.3) is 0 Å². The van der Waals surface area contributed by atoms with Crippen molar-refractivity contribution in [1.82, 2.24) is 9.97 Å². The Labute approximate surface area is 145 Å². The van der Waals surface area contributed by atoms with Crippen LogP contribution in [0.15, 0.2) is 28.5 Å². The largest absolute Gasteiger partial charge is 0.473 e. The first-order valence-electron chi connectivity index (χ1n) is 7.71. The van der Waals surface area contributed by atoms with Gasteiger partial charge in [0.1, 0.15) is 5.56 Å². The predicted octanol–water partition coefficient (Wildman–Crippen LogP) is 2.73. The molecule has 0 aliphatic carbocycles. The minimum Gasteiger partial charge on any atom is -0.473 e. The van der Waals surface area contributed by atoms with Gasteiger partial charge in [0.05, 0.1) is 19.0 Å². The van der Waals surface area contributed by atoms with Crippen LogP contribution < -0.4 is 5.56 Å². The van der Waals surface area contributed by atoms with E-state index in [-0.39, 0.29) is 19.0 Å². The van der Waals surface area contributed by atoms with Crippen molar-refractivity contribution in [2.45, 2.75) is 37.8 Å². The molecular formula is C16H24N2O5S. The van der Waals surface area contributed by atoms with Gasteiger partial charge in [-0.15, -0.1) is 0 Å². The van der Waals surface area contributed by atoms with Crippen molar-refractivity contribution < 1.29 is 19.0 Å². The first kappa shape index (κ1) is 20.2. The summed E-state index contributed by atoms with van der Waals surface area (Å²) in [6.07, 6.45) is 6.56. The van der Waals surface area contributed by atoms with Crippen molar-refractivity contribution in [1.29, 1.82) is 0 Å². The van der Waals surface area contributed by atoms with Gasteiger partial charge in [-0.1, -0.05) is 24.8 Å². The summed E-state index contributed by atoms with van der Waals surface area (Å²) >= 11 is 1.30. The smallest absolute Gasteiger partial charge is 0.345 e. The third-order valence-electron chi connectivity index (χ3n) is 2.99. The van der Waals surface area contributed by atoms with Crippen LogP contribution in [0.4, 0.5) is 0 Å². The van der Waals surface area contributed by atoms with E-state index in [1.165, 1.54) is 18.0 Å². The topological polar surface area (TPSA) is 90.5 Å². The molecule has 7 nitrogen and oxygen atoms in total. The van der Waals surface area contributed by atoms with Crippen molar-refractivity contribution >= 4 is 17.7 Å². The lowest BCUT2D eigenvalue weighted by Gasteiger charge is -2.06. The number of carbonyl (C=O) groups is 1. The Morgan fingerprint density at radius 2 is 1.96 bits per heavy atom. The zero-order valence-electron chi connectivity index (χ0n) is 14.1. The Bertz CT molecular complexity index is 588. The molecule has 0 unspecified atom stereocenters. The van der Waals surface area contributed by atoms with E-state index in [1.54, 1.807) is 13.2 Å². The van der Waals surface area contributed by atoms with E-state index in [4.69, 9.17) is 14.2 Å². The van der Waals surface area contributed by atoms with Gasteiger partial charge in [-0.2, -0.15) is 0 Å². The molecule has 0 fully saturated rings. The molecule has 1 aromatic rings. The van der Waals surface area contributed by atoms with E-state index in [0.29, 0.717) is 17.5 Å². The summed E-state index contributed by atoms with van der Waals surface area (Å²) in [6.45, 7) is 6.50. The highest BCUT2D eigenvalue weighted by Crippen LogP contribution is 2.06. The molecule has 0 radical (unpaired) electrons. The van der Waals surface area contributed by atoms with Crippen LogP contribution in [0.2, 0.25) is 0 Å². The number of hydrogen-bond donors (Lipinski definition) is 1. The third kappa shape index (κ3) is 8.16. The summed E-state index contributed by atoms with van der Waals surface area (Å²) < 4.78 is 15.4. The first-order chi connectivity index (χ1) is 11.5. The Morgan fingerprint density at radius 3 is 2.58 bits per heavy atom. The summed E-state index contributed by atoms with van der Waals surface area (Å²) in [7, 11) is 0. The van der Waals surface area contributed by atoms with Gasteiger partial charge in [-0.3, -0.25) is 4.79 Å². The van der Waals surface area contributed by atoms with E-state index in [0.717, 1.165) is 25.7 Å². The number of ether oxygens (including phenoxy) is 3. The van der Waals surface area contributed by atoms with E-state index in [2.05, 4.69) is 16.5 Å². The van der Waals surface area contributed by atoms with Gasteiger partial charge >= 0.3 is 5.97 Å². The summed E-state index contributed by atoms with van der Waals surface area (Å²) in [4.78, 5) is 30.0. The molecule has 134 valence electrons. The summed E-state index contributed by atoms with van der Waals surface area (Å²) in [6, 6.07) is 0. The molecule has 0 spiro atoms. The molecule has 0 atom stereocenters. The molecule has 24 heavy (non-hydrogen) atoms. The van der Waals surface area contributed by atoms with Gasteiger partial charge in [0.25, 0.3) is 5.56 Å². The average molecular weight is 356 g/mol. The number of aromatic nitrogens is 2. The van der Waals surface area contributed by atoms with E-state index in [9.17, 15) is 9.59 Å². The molecule has 1 aromatic heterocycles. The standard InChI is InChI=1S/C16H24N2O5S/c1-12(2)23-11-21-8-6-4-5-7-9-22-15(20)13-10-17-16(24-3)18-14(13)19/h10H,1,4-9,11H2,2-3H3,(H,17,18,19). The van der Waals surface area contributed by atoms with E-state index in [1.807, 2.05) is 0 Å². The number of unbranched alkanes of at least 4 members (excludes halogenated alkanes) is 3. The maximum Gasteiger partial charge on any atom is 0.345 e. The third-order valence-corrected chi connectivity index (χ3v) is 3.59. The highest BCUT2D eigenvalue weighted by atomic mass is 32.2. The van der Waals surface area contributed by atoms with Crippen LogP contribution in [-0.4, -0.2) is 42.2 Å². The second-order valence-electron chi connectivity index (χ2n) is 5.06. The second-order valence-corrected chi connectivity index (χ2v) is 5.85. The molecule has 1 rings (SSSR count). The molecular weight excluding hydrogens is 332 g/mol. The number of thioether (sulfide) groups is 1. The molecule has 0 saturated heterocycles. The van der Waals surface area contributed by atoms with Crippen molar-refractivity contribution in [2.75, 3.05) is 26.3 Å². The van der Waals surface area contributed by atoms with Crippen molar-refractivity contribution in [3.63, 3.8) is 0 Å². The molecule has 1 N–H and O–H groups in total. The highest BCUT2D eigenvalue weighted by molar-refractivity contribution is 7.98. The number of esters is 1. The second kappa shape index (κ2) is 11.7. The number of allylic oxidation sites excluding steroid dienone is 1. The summed E-state index contributed by atoms with van der Waals surface area (Å²) in [5, 5.41) is 0.465. The maximum atomic E-state index is 11.8. The van der Waals surface area contributed by atoms with Crippen LogP contribution in [-0.2, 0) is 14.2 Å². The van der Waals surface area contributed by atoms with Crippen molar-refractivity contribution in [3.8, 4) is 0 Å². The Morgan fingerprint density at radius 1 is 1.25 bits per heavy atom. The van der Waals surface area contributed by atoms with Gasteiger partial charge in [-0.25, -0.2) is 9.78 Å². The van der Waals surface area contributed by atoms with E-state index >= 15 is 0 Å². The first-order valence-corrected chi connectivity index (χ1v) is 8.93. The SMILES string of the molecule is C=C(C)OCOCCCCCCOC(=O)c1cnc(SC)[nH]c1=O. The van der Waals surface area contributed by atoms with Gasteiger partial charge < -0.3 is 19.2 Å². The number of nitrogens with zero attached hydrogens (tertiary/aromatic N) is 1. The fraction of sp³-hybridized carbons (Fsp3) is 0.562. The molecule has 1 heterocycles. The predicted molar refractivity (Wildman–Crippen MR) is 92.1 cm³/mol. The lowest BCUT2D eigenvalue weighted by atomic mass is 10.2.